The predicted molar refractivity (Wildman–Crippen MR) is 67.4 cm³/mol. The van der Waals surface area contributed by atoms with Crippen LogP contribution in [0, 0.1) is 11.3 Å². The van der Waals surface area contributed by atoms with Gasteiger partial charge in [-0.15, -0.1) is 0 Å². The van der Waals surface area contributed by atoms with Crippen LogP contribution in [0.5, 0.6) is 0 Å². The Bertz CT molecular complexity index is 199. The predicted octanol–water partition coefficient (Wildman–Crippen LogP) is 3.99. The zero-order valence-corrected chi connectivity index (χ0v) is 11.6. The first kappa shape index (κ1) is 14.0. The van der Waals surface area contributed by atoms with Crippen molar-refractivity contribution in [2.45, 2.75) is 72.7 Å². The van der Waals surface area contributed by atoms with E-state index in [0.717, 1.165) is 13.0 Å². The molecule has 2 atom stereocenters. The van der Waals surface area contributed by atoms with Gasteiger partial charge < -0.3 is 9.47 Å². The lowest BCUT2D eigenvalue weighted by molar-refractivity contribution is -0.271. The van der Waals surface area contributed by atoms with Crippen LogP contribution in [0.25, 0.3) is 0 Å². The maximum Gasteiger partial charge on any atom is 0.158 e. The molecule has 1 aliphatic heterocycles. The summed E-state index contributed by atoms with van der Waals surface area (Å²) in [6, 6.07) is 0. The minimum Gasteiger partial charge on any atom is -0.352 e. The second-order valence-electron chi connectivity index (χ2n) is 6.03. The Labute approximate surface area is 101 Å². The van der Waals surface area contributed by atoms with Crippen LogP contribution in [0.2, 0.25) is 0 Å². The van der Waals surface area contributed by atoms with Gasteiger partial charge in [0.05, 0.1) is 12.7 Å². The van der Waals surface area contributed by atoms with E-state index in [0.29, 0.717) is 12.0 Å². The van der Waals surface area contributed by atoms with Gasteiger partial charge in [0.15, 0.2) is 6.29 Å². The van der Waals surface area contributed by atoms with Crippen molar-refractivity contribution in [1.82, 2.24) is 0 Å². The lowest BCUT2D eigenvalue weighted by Gasteiger charge is -2.44. The molecule has 1 rings (SSSR count). The first-order chi connectivity index (χ1) is 7.47. The summed E-state index contributed by atoms with van der Waals surface area (Å²) in [5.74, 6) is 0.563. The van der Waals surface area contributed by atoms with Gasteiger partial charge in [-0.05, 0) is 18.8 Å². The molecule has 0 aromatic rings. The summed E-state index contributed by atoms with van der Waals surface area (Å²) in [6.45, 7) is 12.0. The van der Waals surface area contributed by atoms with Gasteiger partial charge in [-0.3, -0.25) is 0 Å². The molecular formula is C14H28O2. The van der Waals surface area contributed by atoms with Gasteiger partial charge >= 0.3 is 0 Å². The Kier molecular flexibility index (Phi) is 5.26. The maximum atomic E-state index is 6.09. The van der Waals surface area contributed by atoms with E-state index in [1.54, 1.807) is 0 Å². The van der Waals surface area contributed by atoms with Crippen molar-refractivity contribution in [2.75, 3.05) is 6.61 Å². The van der Waals surface area contributed by atoms with Crippen LogP contribution in [0.1, 0.15) is 60.3 Å². The fourth-order valence-corrected chi connectivity index (χ4v) is 2.55. The Morgan fingerprint density at radius 3 is 2.50 bits per heavy atom. The standard InChI is InChI=1S/C14H28O2/c1-6-7-8-9-12-15-10-14(4,5)13(16-12)11(2)3/h11-13H,6-10H2,1-5H3. The lowest BCUT2D eigenvalue weighted by Crippen LogP contribution is -2.48. The van der Waals surface area contributed by atoms with Crippen LogP contribution in [-0.4, -0.2) is 19.0 Å². The highest BCUT2D eigenvalue weighted by Crippen LogP contribution is 2.35. The molecule has 2 nitrogen and oxygen atoms in total. The lowest BCUT2D eigenvalue weighted by atomic mass is 9.80. The van der Waals surface area contributed by atoms with E-state index in [2.05, 4.69) is 34.6 Å². The van der Waals surface area contributed by atoms with Gasteiger partial charge in [0, 0.05) is 5.41 Å². The summed E-state index contributed by atoms with van der Waals surface area (Å²) < 4.78 is 11.9. The van der Waals surface area contributed by atoms with Crippen LogP contribution in [0.3, 0.4) is 0 Å². The first-order valence-corrected chi connectivity index (χ1v) is 6.74. The minimum absolute atomic E-state index is 0.0342. The van der Waals surface area contributed by atoms with E-state index in [1.807, 2.05) is 0 Å². The largest absolute Gasteiger partial charge is 0.352 e. The van der Waals surface area contributed by atoms with Crippen LogP contribution >= 0.6 is 0 Å². The SMILES string of the molecule is CCCCCC1OCC(C)(C)C(C(C)C)O1. The fourth-order valence-electron chi connectivity index (χ4n) is 2.55. The van der Waals surface area contributed by atoms with Crippen LogP contribution < -0.4 is 0 Å². The first-order valence-electron chi connectivity index (χ1n) is 6.74. The molecule has 1 heterocycles. The van der Waals surface area contributed by atoms with Crippen molar-refractivity contribution in [3.8, 4) is 0 Å². The summed E-state index contributed by atoms with van der Waals surface area (Å²) in [7, 11) is 0. The average molecular weight is 228 g/mol. The van der Waals surface area contributed by atoms with Gasteiger partial charge in [0.25, 0.3) is 0 Å². The average Bonchev–Trinajstić information content (AvgIpc) is 2.20. The Balaban J connectivity index is 2.43. The third-order valence-electron chi connectivity index (χ3n) is 3.36. The highest BCUT2D eigenvalue weighted by atomic mass is 16.7. The molecule has 2 unspecified atom stereocenters. The molecule has 0 aliphatic carbocycles. The molecule has 0 spiro atoms. The molecule has 2 heteroatoms. The van der Waals surface area contributed by atoms with E-state index in [1.165, 1.54) is 19.3 Å². The third kappa shape index (κ3) is 3.74. The number of unbranched alkanes of at least 4 members (excludes halogenated alkanes) is 2. The topological polar surface area (TPSA) is 18.5 Å². The Morgan fingerprint density at radius 2 is 1.94 bits per heavy atom. The van der Waals surface area contributed by atoms with E-state index < -0.39 is 0 Å². The maximum absolute atomic E-state index is 6.09. The Hall–Kier alpha value is -0.0800. The zero-order valence-electron chi connectivity index (χ0n) is 11.6. The van der Waals surface area contributed by atoms with Crippen molar-refractivity contribution >= 4 is 0 Å². The molecule has 1 saturated heterocycles. The van der Waals surface area contributed by atoms with Crippen molar-refractivity contribution < 1.29 is 9.47 Å². The fraction of sp³-hybridized carbons (Fsp3) is 1.00. The van der Waals surface area contributed by atoms with Crippen molar-refractivity contribution in [1.29, 1.82) is 0 Å². The normalized spacial score (nSPS) is 29.6. The highest BCUT2D eigenvalue weighted by Gasteiger charge is 2.39. The van der Waals surface area contributed by atoms with Crippen LogP contribution in [0.4, 0.5) is 0 Å². The quantitative estimate of drug-likeness (QED) is 0.662. The molecule has 0 aromatic heterocycles. The van der Waals surface area contributed by atoms with E-state index in [9.17, 15) is 0 Å². The second kappa shape index (κ2) is 6.02. The van der Waals surface area contributed by atoms with Crippen molar-refractivity contribution in [2.24, 2.45) is 11.3 Å². The number of rotatable bonds is 5. The van der Waals surface area contributed by atoms with Crippen LogP contribution in [-0.2, 0) is 9.47 Å². The third-order valence-corrected chi connectivity index (χ3v) is 3.36. The number of hydrogen-bond donors (Lipinski definition) is 0. The minimum atomic E-state index is 0.0342. The number of ether oxygens (including phenoxy) is 2. The Morgan fingerprint density at radius 1 is 1.25 bits per heavy atom. The molecular weight excluding hydrogens is 200 g/mol. The highest BCUT2D eigenvalue weighted by molar-refractivity contribution is 4.84. The van der Waals surface area contributed by atoms with Crippen LogP contribution in [0.15, 0.2) is 0 Å². The second-order valence-corrected chi connectivity index (χ2v) is 6.03. The molecule has 0 amide bonds. The van der Waals surface area contributed by atoms with E-state index in [4.69, 9.17) is 9.47 Å². The summed E-state index contributed by atoms with van der Waals surface area (Å²) in [4.78, 5) is 0. The molecule has 0 bridgehead atoms. The van der Waals surface area contributed by atoms with E-state index >= 15 is 0 Å². The van der Waals surface area contributed by atoms with Gasteiger partial charge in [0.1, 0.15) is 0 Å². The molecule has 1 fully saturated rings. The summed E-state index contributed by atoms with van der Waals surface area (Å²) in [5, 5.41) is 0. The molecule has 0 radical (unpaired) electrons. The van der Waals surface area contributed by atoms with Gasteiger partial charge in [0.2, 0.25) is 0 Å². The summed E-state index contributed by atoms with van der Waals surface area (Å²) >= 11 is 0. The molecule has 0 saturated carbocycles. The van der Waals surface area contributed by atoms with Gasteiger partial charge in [-0.25, -0.2) is 0 Å². The zero-order chi connectivity index (χ0) is 12.2. The van der Waals surface area contributed by atoms with Crippen molar-refractivity contribution in [3.05, 3.63) is 0 Å². The summed E-state index contributed by atoms with van der Waals surface area (Å²) in [6.07, 6.45) is 5.16. The number of hydrogen-bond acceptors (Lipinski definition) is 2. The monoisotopic (exact) mass is 228 g/mol. The molecule has 0 aromatic carbocycles. The van der Waals surface area contributed by atoms with Crippen molar-refractivity contribution in [3.63, 3.8) is 0 Å². The molecule has 96 valence electrons. The molecule has 16 heavy (non-hydrogen) atoms. The molecule has 1 aliphatic rings. The van der Waals surface area contributed by atoms with Gasteiger partial charge in [-0.2, -0.15) is 0 Å². The summed E-state index contributed by atoms with van der Waals surface area (Å²) in [5.41, 5.74) is 0.148. The molecule has 0 N–H and O–H groups in total. The van der Waals surface area contributed by atoms with E-state index in [-0.39, 0.29) is 11.7 Å². The van der Waals surface area contributed by atoms with Gasteiger partial charge in [-0.1, -0.05) is 47.5 Å². The smallest absolute Gasteiger partial charge is 0.158 e.